The standard InChI is InChI=1S/C13H9ClFN3O2/c1-18(13(19)20)10-4-7(15)3-8-9-2-6(14)5-16-12(9)17-11(8)10/h2-5H,1H3,(H,16,17)(H,19,20). The number of anilines is 1. The smallest absolute Gasteiger partial charge is 0.411 e. The second-order valence-electron chi connectivity index (χ2n) is 4.36. The van der Waals surface area contributed by atoms with Crippen molar-refractivity contribution in [3.63, 3.8) is 0 Å². The van der Waals surface area contributed by atoms with Crippen LogP contribution in [0.5, 0.6) is 0 Å². The third-order valence-corrected chi connectivity index (χ3v) is 3.33. The van der Waals surface area contributed by atoms with E-state index in [0.717, 1.165) is 11.0 Å². The Morgan fingerprint density at radius 3 is 2.85 bits per heavy atom. The van der Waals surface area contributed by atoms with Gasteiger partial charge in [0.2, 0.25) is 0 Å². The molecule has 0 spiro atoms. The van der Waals surface area contributed by atoms with E-state index in [1.165, 1.54) is 19.3 Å². The van der Waals surface area contributed by atoms with Gasteiger partial charge in [-0.3, -0.25) is 4.90 Å². The Hall–Kier alpha value is -2.34. The molecule has 0 atom stereocenters. The van der Waals surface area contributed by atoms with Crippen LogP contribution in [0.2, 0.25) is 5.02 Å². The van der Waals surface area contributed by atoms with Gasteiger partial charge in [-0.1, -0.05) is 11.6 Å². The zero-order valence-electron chi connectivity index (χ0n) is 10.3. The van der Waals surface area contributed by atoms with Crippen LogP contribution in [0.3, 0.4) is 0 Å². The predicted octanol–water partition coefficient (Wildman–Crippen LogP) is 3.62. The van der Waals surface area contributed by atoms with Crippen molar-refractivity contribution in [1.82, 2.24) is 9.97 Å². The number of aromatic nitrogens is 2. The Balaban J connectivity index is 2.42. The van der Waals surface area contributed by atoms with Crippen LogP contribution < -0.4 is 4.90 Å². The largest absolute Gasteiger partial charge is 0.465 e. The number of benzene rings is 1. The molecular formula is C13H9ClFN3O2. The molecule has 0 fully saturated rings. The first-order valence-corrected chi connectivity index (χ1v) is 6.08. The molecule has 2 aromatic heterocycles. The lowest BCUT2D eigenvalue weighted by Gasteiger charge is -2.14. The summed E-state index contributed by atoms with van der Waals surface area (Å²) >= 11 is 5.89. The molecule has 0 aliphatic heterocycles. The van der Waals surface area contributed by atoms with Crippen LogP contribution in [0.15, 0.2) is 24.4 Å². The van der Waals surface area contributed by atoms with Crippen LogP contribution >= 0.6 is 11.6 Å². The zero-order chi connectivity index (χ0) is 14.4. The van der Waals surface area contributed by atoms with E-state index in [0.29, 0.717) is 27.0 Å². The van der Waals surface area contributed by atoms with Gasteiger partial charge >= 0.3 is 6.09 Å². The highest BCUT2D eigenvalue weighted by Gasteiger charge is 2.17. The van der Waals surface area contributed by atoms with Crippen LogP contribution in [0.1, 0.15) is 0 Å². The first-order valence-electron chi connectivity index (χ1n) is 5.70. The number of carboxylic acid groups (broad SMARTS) is 1. The third-order valence-electron chi connectivity index (χ3n) is 3.12. The molecule has 3 rings (SSSR count). The van der Waals surface area contributed by atoms with E-state index in [9.17, 15) is 9.18 Å². The molecule has 0 saturated carbocycles. The van der Waals surface area contributed by atoms with Gasteiger partial charge in [-0.25, -0.2) is 14.2 Å². The van der Waals surface area contributed by atoms with E-state index in [1.54, 1.807) is 6.07 Å². The highest BCUT2D eigenvalue weighted by Crippen LogP contribution is 2.33. The molecule has 7 heteroatoms. The van der Waals surface area contributed by atoms with Gasteiger partial charge in [-0.2, -0.15) is 0 Å². The summed E-state index contributed by atoms with van der Waals surface area (Å²) in [6, 6.07) is 4.14. The summed E-state index contributed by atoms with van der Waals surface area (Å²) in [6.45, 7) is 0. The zero-order valence-corrected chi connectivity index (χ0v) is 11.1. The van der Waals surface area contributed by atoms with E-state index >= 15 is 0 Å². The van der Waals surface area contributed by atoms with E-state index in [1.807, 2.05) is 0 Å². The number of hydrogen-bond donors (Lipinski definition) is 2. The SMILES string of the molecule is CN(C(=O)O)c1cc(F)cc2c1[nH]c1ncc(Cl)cc12. The van der Waals surface area contributed by atoms with Gasteiger partial charge in [0.15, 0.2) is 0 Å². The number of fused-ring (bicyclic) bond motifs is 3. The third kappa shape index (κ3) is 1.85. The highest BCUT2D eigenvalue weighted by molar-refractivity contribution is 6.31. The van der Waals surface area contributed by atoms with Gasteiger partial charge in [-0.15, -0.1) is 0 Å². The summed E-state index contributed by atoms with van der Waals surface area (Å²) in [5.41, 5.74) is 1.25. The van der Waals surface area contributed by atoms with Crippen molar-refractivity contribution >= 4 is 45.3 Å². The Labute approximate surface area is 117 Å². The van der Waals surface area contributed by atoms with Gasteiger partial charge in [0.05, 0.1) is 16.2 Å². The molecule has 0 aliphatic rings. The van der Waals surface area contributed by atoms with Crippen molar-refractivity contribution in [2.45, 2.75) is 0 Å². The summed E-state index contributed by atoms with van der Waals surface area (Å²) in [5.74, 6) is -0.526. The molecular weight excluding hydrogens is 285 g/mol. The lowest BCUT2D eigenvalue weighted by atomic mass is 10.1. The monoisotopic (exact) mass is 293 g/mol. The van der Waals surface area contributed by atoms with Crippen LogP contribution in [0.4, 0.5) is 14.9 Å². The lowest BCUT2D eigenvalue weighted by molar-refractivity contribution is 0.203. The summed E-state index contributed by atoms with van der Waals surface area (Å²) in [5, 5.41) is 10.7. The minimum atomic E-state index is -1.18. The quantitative estimate of drug-likeness (QED) is 0.720. The number of rotatable bonds is 1. The minimum Gasteiger partial charge on any atom is -0.465 e. The topological polar surface area (TPSA) is 69.2 Å². The number of halogens is 2. The number of nitrogens with zero attached hydrogens (tertiary/aromatic N) is 2. The van der Waals surface area contributed by atoms with Crippen molar-refractivity contribution in [2.24, 2.45) is 0 Å². The molecule has 3 aromatic rings. The Morgan fingerprint density at radius 1 is 1.40 bits per heavy atom. The van der Waals surface area contributed by atoms with Crippen LogP contribution in [0.25, 0.3) is 21.9 Å². The number of amides is 1. The molecule has 5 nitrogen and oxygen atoms in total. The van der Waals surface area contributed by atoms with E-state index in [-0.39, 0.29) is 5.69 Å². The summed E-state index contributed by atoms with van der Waals surface area (Å²) in [4.78, 5) is 19.1. The Bertz CT molecular complexity index is 846. The molecule has 20 heavy (non-hydrogen) atoms. The Kier molecular flexibility index (Phi) is 2.76. The maximum Gasteiger partial charge on any atom is 0.411 e. The molecule has 0 unspecified atom stereocenters. The first kappa shape index (κ1) is 12.7. The van der Waals surface area contributed by atoms with Gasteiger partial charge < -0.3 is 10.1 Å². The van der Waals surface area contributed by atoms with Crippen LogP contribution in [0, 0.1) is 5.82 Å². The van der Waals surface area contributed by atoms with E-state index in [4.69, 9.17) is 16.7 Å². The fourth-order valence-electron chi connectivity index (χ4n) is 2.17. The van der Waals surface area contributed by atoms with Crippen LogP contribution in [-0.2, 0) is 0 Å². The molecule has 2 heterocycles. The number of aromatic amines is 1. The molecule has 1 aromatic carbocycles. The molecule has 102 valence electrons. The average Bonchev–Trinajstić information content (AvgIpc) is 2.75. The van der Waals surface area contributed by atoms with Gasteiger partial charge in [0.1, 0.15) is 11.5 Å². The van der Waals surface area contributed by atoms with Crippen LogP contribution in [-0.4, -0.2) is 28.2 Å². The summed E-state index contributed by atoms with van der Waals surface area (Å²) in [6.07, 6.45) is 0.289. The van der Waals surface area contributed by atoms with Gasteiger partial charge in [-0.05, 0) is 18.2 Å². The molecule has 0 bridgehead atoms. The number of hydrogen-bond acceptors (Lipinski definition) is 2. The second kappa shape index (κ2) is 4.35. The maximum atomic E-state index is 13.7. The van der Waals surface area contributed by atoms with Crippen molar-refractivity contribution in [1.29, 1.82) is 0 Å². The average molecular weight is 294 g/mol. The number of nitrogens with one attached hydrogen (secondary N) is 1. The van der Waals surface area contributed by atoms with E-state index < -0.39 is 11.9 Å². The fraction of sp³-hybridized carbons (Fsp3) is 0.0769. The Morgan fingerprint density at radius 2 is 2.15 bits per heavy atom. The molecule has 0 aliphatic carbocycles. The molecule has 0 saturated heterocycles. The van der Waals surface area contributed by atoms with Gasteiger partial charge in [0, 0.05) is 24.0 Å². The van der Waals surface area contributed by atoms with Gasteiger partial charge in [0.25, 0.3) is 0 Å². The second-order valence-corrected chi connectivity index (χ2v) is 4.80. The summed E-state index contributed by atoms with van der Waals surface area (Å²) in [7, 11) is 1.35. The number of H-pyrrole nitrogens is 1. The van der Waals surface area contributed by atoms with Crippen molar-refractivity contribution in [2.75, 3.05) is 11.9 Å². The molecule has 0 radical (unpaired) electrons. The highest BCUT2D eigenvalue weighted by atomic mass is 35.5. The first-order chi connectivity index (χ1) is 9.47. The number of carbonyl (C=O) groups is 1. The number of pyridine rings is 1. The van der Waals surface area contributed by atoms with Crippen molar-refractivity contribution in [3.8, 4) is 0 Å². The van der Waals surface area contributed by atoms with E-state index in [2.05, 4.69) is 9.97 Å². The van der Waals surface area contributed by atoms with Crippen molar-refractivity contribution < 1.29 is 14.3 Å². The van der Waals surface area contributed by atoms with Crippen molar-refractivity contribution in [3.05, 3.63) is 35.2 Å². The summed E-state index contributed by atoms with van der Waals surface area (Å²) < 4.78 is 13.7. The molecule has 1 amide bonds. The molecule has 2 N–H and O–H groups in total. The predicted molar refractivity (Wildman–Crippen MR) is 75.0 cm³/mol. The maximum absolute atomic E-state index is 13.7. The normalized spacial score (nSPS) is 11.2. The fourth-order valence-corrected chi connectivity index (χ4v) is 2.32. The minimum absolute atomic E-state index is 0.224. The lowest BCUT2D eigenvalue weighted by Crippen LogP contribution is -2.24.